The van der Waals surface area contributed by atoms with Crippen LogP contribution in [-0.2, 0) is 32.6 Å². The van der Waals surface area contributed by atoms with E-state index < -0.39 is 33.4 Å². The molecule has 45 heavy (non-hydrogen) atoms. The molecule has 234 valence electrons. The second-order valence-electron chi connectivity index (χ2n) is 10.5. The fraction of sp³-hybridized carbons (Fsp3) is 0.235. The quantitative estimate of drug-likeness (QED) is 0.150. The van der Waals surface area contributed by atoms with Crippen LogP contribution in [0.25, 0.3) is 0 Å². The Balaban J connectivity index is 1.81. The van der Waals surface area contributed by atoms with Gasteiger partial charge in [-0.25, -0.2) is 8.42 Å². The lowest BCUT2D eigenvalue weighted by atomic mass is 10.0. The minimum Gasteiger partial charge on any atom is -0.354 e. The summed E-state index contributed by atoms with van der Waals surface area (Å²) in [5.41, 5.74) is 2.40. The van der Waals surface area contributed by atoms with E-state index in [0.29, 0.717) is 13.0 Å². The van der Waals surface area contributed by atoms with Gasteiger partial charge in [0.25, 0.3) is 15.7 Å². The Morgan fingerprint density at radius 3 is 2.07 bits per heavy atom. The summed E-state index contributed by atoms with van der Waals surface area (Å²) in [5.74, 6) is -0.959. The summed E-state index contributed by atoms with van der Waals surface area (Å²) in [6, 6.07) is 28.5. The fourth-order valence-corrected chi connectivity index (χ4v) is 6.32. The molecule has 0 unspecified atom stereocenters. The molecular weight excluding hydrogens is 592 g/mol. The van der Waals surface area contributed by atoms with Crippen LogP contribution in [0.2, 0.25) is 0 Å². The first-order valence-corrected chi connectivity index (χ1v) is 16.0. The normalized spacial score (nSPS) is 11.8. The maximum atomic E-state index is 14.4. The molecule has 11 heteroatoms. The van der Waals surface area contributed by atoms with Crippen LogP contribution >= 0.6 is 0 Å². The largest absolute Gasteiger partial charge is 0.354 e. The van der Waals surface area contributed by atoms with E-state index in [-0.39, 0.29) is 35.1 Å². The number of nitrogens with zero attached hydrogens (tertiary/aromatic N) is 3. The number of carbonyl (C=O) groups excluding carboxylic acids is 2. The summed E-state index contributed by atoms with van der Waals surface area (Å²) in [6.45, 7) is 3.66. The average molecular weight is 629 g/mol. The van der Waals surface area contributed by atoms with Crippen molar-refractivity contribution in [1.82, 2.24) is 10.2 Å². The molecule has 0 heterocycles. The highest BCUT2D eigenvalue weighted by Gasteiger charge is 2.34. The number of hydrogen-bond acceptors (Lipinski definition) is 6. The van der Waals surface area contributed by atoms with Gasteiger partial charge in [-0.05, 0) is 54.3 Å². The van der Waals surface area contributed by atoms with E-state index >= 15 is 0 Å². The molecule has 1 N–H and O–H groups in total. The Kier molecular flexibility index (Phi) is 11.0. The third-order valence-corrected chi connectivity index (χ3v) is 9.17. The Morgan fingerprint density at radius 1 is 0.867 bits per heavy atom. The van der Waals surface area contributed by atoms with E-state index in [1.807, 2.05) is 68.4 Å². The zero-order valence-corrected chi connectivity index (χ0v) is 26.0. The van der Waals surface area contributed by atoms with E-state index in [1.54, 1.807) is 18.2 Å². The van der Waals surface area contributed by atoms with Gasteiger partial charge in [-0.2, -0.15) is 0 Å². The van der Waals surface area contributed by atoms with Crippen molar-refractivity contribution >= 4 is 33.2 Å². The molecular formula is C34H36N4O6S. The highest BCUT2D eigenvalue weighted by atomic mass is 32.2. The fourth-order valence-electron chi connectivity index (χ4n) is 4.88. The maximum absolute atomic E-state index is 14.4. The third kappa shape index (κ3) is 8.33. The van der Waals surface area contributed by atoms with Crippen LogP contribution < -0.4 is 9.62 Å². The number of nitro groups is 1. The molecule has 0 fully saturated rings. The lowest BCUT2D eigenvalue weighted by molar-refractivity contribution is -0.384. The monoisotopic (exact) mass is 628 g/mol. The number of anilines is 1. The number of rotatable bonds is 14. The van der Waals surface area contributed by atoms with E-state index in [0.717, 1.165) is 21.0 Å². The van der Waals surface area contributed by atoms with Crippen molar-refractivity contribution in [1.29, 1.82) is 0 Å². The van der Waals surface area contributed by atoms with Crippen molar-refractivity contribution in [3.05, 3.63) is 136 Å². The summed E-state index contributed by atoms with van der Waals surface area (Å²) in [6.07, 6.45) is 0.899. The van der Waals surface area contributed by atoms with E-state index in [4.69, 9.17) is 0 Å². The molecule has 0 aliphatic carbocycles. The highest BCUT2D eigenvalue weighted by Crippen LogP contribution is 2.27. The van der Waals surface area contributed by atoms with Gasteiger partial charge < -0.3 is 10.2 Å². The number of amides is 2. The number of hydrogen-bond donors (Lipinski definition) is 1. The highest BCUT2D eigenvalue weighted by molar-refractivity contribution is 7.92. The summed E-state index contributed by atoms with van der Waals surface area (Å²) in [5, 5.41) is 14.2. The zero-order chi connectivity index (χ0) is 32.4. The molecule has 4 aromatic carbocycles. The minimum atomic E-state index is -4.30. The van der Waals surface area contributed by atoms with Crippen LogP contribution in [0.3, 0.4) is 0 Å². The smallest absolute Gasteiger partial charge is 0.269 e. The SMILES string of the molecule is CCCNC(=O)[C@@H](Cc1ccccc1)N(Cc1ccccc1C)C(=O)CN(c1ccc([N+](=O)[O-])cc1)S(=O)(=O)c1ccccc1. The average Bonchev–Trinajstić information content (AvgIpc) is 3.05. The predicted molar refractivity (Wildman–Crippen MR) is 173 cm³/mol. The van der Waals surface area contributed by atoms with Crippen molar-refractivity contribution < 1.29 is 22.9 Å². The van der Waals surface area contributed by atoms with E-state index in [1.165, 1.54) is 41.3 Å². The Labute approximate surface area is 263 Å². The van der Waals surface area contributed by atoms with Crippen LogP contribution in [0.5, 0.6) is 0 Å². The topological polar surface area (TPSA) is 130 Å². The lowest BCUT2D eigenvalue weighted by Crippen LogP contribution is -2.53. The lowest BCUT2D eigenvalue weighted by Gasteiger charge is -2.34. The first-order valence-electron chi connectivity index (χ1n) is 14.6. The van der Waals surface area contributed by atoms with Crippen LogP contribution in [0.4, 0.5) is 11.4 Å². The molecule has 0 bridgehead atoms. The number of benzene rings is 4. The minimum absolute atomic E-state index is 0.0527. The molecule has 0 saturated carbocycles. The van der Waals surface area contributed by atoms with Crippen molar-refractivity contribution in [2.75, 3.05) is 17.4 Å². The molecule has 0 radical (unpaired) electrons. The molecule has 2 amide bonds. The number of nitro benzene ring substituents is 1. The van der Waals surface area contributed by atoms with Crippen molar-refractivity contribution in [3.8, 4) is 0 Å². The summed E-state index contributed by atoms with van der Waals surface area (Å²) >= 11 is 0. The third-order valence-electron chi connectivity index (χ3n) is 7.38. The number of aryl methyl sites for hydroxylation is 1. The first kappa shape index (κ1) is 32.9. The molecule has 10 nitrogen and oxygen atoms in total. The van der Waals surface area contributed by atoms with Gasteiger partial charge in [0.15, 0.2) is 0 Å². The first-order chi connectivity index (χ1) is 21.6. The molecule has 4 aromatic rings. The van der Waals surface area contributed by atoms with Gasteiger partial charge in [0.2, 0.25) is 11.8 Å². The Hall–Kier alpha value is -5.03. The molecule has 0 aliphatic rings. The summed E-state index contributed by atoms with van der Waals surface area (Å²) in [4.78, 5) is 40.2. The van der Waals surface area contributed by atoms with Gasteiger partial charge in [-0.1, -0.05) is 79.7 Å². The van der Waals surface area contributed by atoms with E-state index in [2.05, 4.69) is 5.32 Å². The molecule has 4 rings (SSSR count). The van der Waals surface area contributed by atoms with Crippen LogP contribution in [0.1, 0.15) is 30.0 Å². The Bertz CT molecular complexity index is 1710. The van der Waals surface area contributed by atoms with Gasteiger partial charge >= 0.3 is 0 Å². The van der Waals surface area contributed by atoms with Crippen LogP contribution in [-0.4, -0.2) is 49.2 Å². The van der Waals surface area contributed by atoms with Crippen molar-refractivity contribution in [2.24, 2.45) is 0 Å². The second-order valence-corrected chi connectivity index (χ2v) is 12.4. The molecule has 0 spiro atoms. The van der Waals surface area contributed by atoms with Crippen LogP contribution in [0.15, 0.2) is 114 Å². The van der Waals surface area contributed by atoms with Gasteiger partial charge in [-0.3, -0.25) is 24.0 Å². The molecule has 0 aliphatic heterocycles. The Morgan fingerprint density at radius 2 is 1.47 bits per heavy atom. The molecule has 1 atom stereocenters. The van der Waals surface area contributed by atoms with Gasteiger partial charge in [-0.15, -0.1) is 0 Å². The van der Waals surface area contributed by atoms with Gasteiger partial charge in [0.05, 0.1) is 15.5 Å². The maximum Gasteiger partial charge on any atom is 0.269 e. The second kappa shape index (κ2) is 15.1. The predicted octanol–water partition coefficient (Wildman–Crippen LogP) is 5.26. The van der Waals surface area contributed by atoms with E-state index in [9.17, 15) is 28.1 Å². The standard InChI is InChI=1S/C34H36N4O6S/c1-3-22-35-34(40)32(23-27-13-6-4-7-14-27)36(24-28-15-11-10-12-26(28)2)33(39)25-37(29-18-20-30(21-19-29)38(41)42)45(43,44)31-16-8-5-9-17-31/h4-21,32H,3,22-25H2,1-2H3,(H,35,40)/t32-/m1/s1. The van der Waals surface area contributed by atoms with Crippen LogP contribution in [0, 0.1) is 17.0 Å². The molecule has 0 aromatic heterocycles. The number of sulfonamides is 1. The number of carbonyl (C=O) groups is 2. The molecule has 0 saturated heterocycles. The summed E-state index contributed by atoms with van der Waals surface area (Å²) < 4.78 is 28.9. The summed E-state index contributed by atoms with van der Waals surface area (Å²) in [7, 11) is -4.30. The number of non-ortho nitro benzene ring substituents is 1. The zero-order valence-electron chi connectivity index (χ0n) is 25.2. The van der Waals surface area contributed by atoms with Gasteiger partial charge in [0, 0.05) is 31.6 Å². The van der Waals surface area contributed by atoms with Gasteiger partial charge in [0.1, 0.15) is 12.6 Å². The number of nitrogens with one attached hydrogen (secondary N) is 1. The van der Waals surface area contributed by atoms with Crippen molar-refractivity contribution in [3.63, 3.8) is 0 Å². The van der Waals surface area contributed by atoms with Crippen molar-refractivity contribution in [2.45, 2.75) is 44.2 Å².